The standard InChI is InChI=1S/C19H19N3O/c23-19(17-8-5-14-3-1-2-4-16(14)13-17)21-10-12-22-11-9-20-18(22)15-6-7-15/h1-5,8-9,11,13,15H,6-7,10,12H2,(H,21,23). The molecule has 4 nitrogen and oxygen atoms in total. The van der Waals surface area contributed by atoms with E-state index in [0.717, 1.165) is 23.1 Å². The van der Waals surface area contributed by atoms with Gasteiger partial charge in [0.2, 0.25) is 0 Å². The number of carbonyl (C=O) groups is 1. The lowest BCUT2D eigenvalue weighted by molar-refractivity contribution is 0.0952. The van der Waals surface area contributed by atoms with Gasteiger partial charge in [0.15, 0.2) is 0 Å². The third-order valence-corrected chi connectivity index (χ3v) is 4.34. The van der Waals surface area contributed by atoms with Gasteiger partial charge in [0, 0.05) is 37.0 Å². The van der Waals surface area contributed by atoms with E-state index in [9.17, 15) is 4.79 Å². The molecule has 0 spiro atoms. The molecule has 0 aliphatic heterocycles. The third-order valence-electron chi connectivity index (χ3n) is 4.34. The quantitative estimate of drug-likeness (QED) is 0.786. The number of hydrogen-bond donors (Lipinski definition) is 1. The monoisotopic (exact) mass is 305 g/mol. The number of nitrogens with zero attached hydrogens (tertiary/aromatic N) is 2. The number of aromatic nitrogens is 2. The molecule has 1 saturated carbocycles. The van der Waals surface area contributed by atoms with E-state index in [-0.39, 0.29) is 5.91 Å². The summed E-state index contributed by atoms with van der Waals surface area (Å²) in [6.45, 7) is 1.38. The molecule has 1 N–H and O–H groups in total. The average molecular weight is 305 g/mol. The van der Waals surface area contributed by atoms with E-state index in [1.54, 1.807) is 0 Å². The fourth-order valence-corrected chi connectivity index (χ4v) is 2.93. The van der Waals surface area contributed by atoms with E-state index in [0.29, 0.717) is 18.0 Å². The minimum absolute atomic E-state index is 0.0242. The van der Waals surface area contributed by atoms with Gasteiger partial charge in [-0.1, -0.05) is 30.3 Å². The molecule has 1 aliphatic rings. The summed E-state index contributed by atoms with van der Waals surface area (Å²) in [5, 5.41) is 5.24. The molecule has 4 heteroatoms. The molecule has 0 saturated heterocycles. The van der Waals surface area contributed by atoms with Crippen LogP contribution in [0.2, 0.25) is 0 Å². The van der Waals surface area contributed by atoms with Gasteiger partial charge < -0.3 is 9.88 Å². The lowest BCUT2D eigenvalue weighted by atomic mass is 10.1. The SMILES string of the molecule is O=C(NCCn1ccnc1C1CC1)c1ccc2ccccc2c1. The summed E-state index contributed by atoms with van der Waals surface area (Å²) in [5.74, 6) is 1.76. The van der Waals surface area contributed by atoms with Crippen LogP contribution in [-0.2, 0) is 6.54 Å². The number of fused-ring (bicyclic) bond motifs is 1. The van der Waals surface area contributed by atoms with Crippen LogP contribution in [0.5, 0.6) is 0 Å². The molecule has 2 aromatic carbocycles. The predicted octanol–water partition coefficient (Wildman–Crippen LogP) is 3.34. The number of imidazole rings is 1. The highest BCUT2D eigenvalue weighted by Crippen LogP contribution is 2.38. The van der Waals surface area contributed by atoms with Crippen LogP contribution in [0.25, 0.3) is 10.8 Å². The van der Waals surface area contributed by atoms with Crippen molar-refractivity contribution in [1.29, 1.82) is 0 Å². The zero-order chi connectivity index (χ0) is 15.6. The van der Waals surface area contributed by atoms with E-state index in [2.05, 4.69) is 20.9 Å². The fraction of sp³-hybridized carbons (Fsp3) is 0.263. The van der Waals surface area contributed by atoms with Crippen LogP contribution in [0.4, 0.5) is 0 Å². The van der Waals surface area contributed by atoms with Crippen LogP contribution >= 0.6 is 0 Å². The van der Waals surface area contributed by atoms with Crippen molar-refractivity contribution in [2.75, 3.05) is 6.54 Å². The summed E-state index contributed by atoms with van der Waals surface area (Å²) >= 11 is 0. The molecule has 1 fully saturated rings. The Balaban J connectivity index is 1.39. The van der Waals surface area contributed by atoms with E-state index < -0.39 is 0 Å². The van der Waals surface area contributed by atoms with Crippen molar-refractivity contribution in [2.45, 2.75) is 25.3 Å². The second-order valence-electron chi connectivity index (χ2n) is 6.07. The van der Waals surface area contributed by atoms with Gasteiger partial charge in [-0.15, -0.1) is 0 Å². The second-order valence-corrected chi connectivity index (χ2v) is 6.07. The highest BCUT2D eigenvalue weighted by molar-refractivity contribution is 5.98. The summed E-state index contributed by atoms with van der Waals surface area (Å²) < 4.78 is 2.15. The van der Waals surface area contributed by atoms with Crippen molar-refractivity contribution in [2.24, 2.45) is 0 Å². The largest absolute Gasteiger partial charge is 0.350 e. The lowest BCUT2D eigenvalue weighted by Gasteiger charge is -2.09. The first-order chi connectivity index (χ1) is 11.3. The first-order valence-electron chi connectivity index (χ1n) is 8.09. The Morgan fingerprint density at radius 3 is 2.83 bits per heavy atom. The van der Waals surface area contributed by atoms with Crippen LogP contribution in [0.3, 0.4) is 0 Å². The number of rotatable bonds is 5. The van der Waals surface area contributed by atoms with Crippen LogP contribution in [0.15, 0.2) is 54.9 Å². The maximum absolute atomic E-state index is 12.3. The van der Waals surface area contributed by atoms with Gasteiger partial charge in [0.25, 0.3) is 5.91 Å². The van der Waals surface area contributed by atoms with Crippen LogP contribution in [-0.4, -0.2) is 22.0 Å². The Bertz CT molecular complexity index is 848. The molecule has 1 amide bonds. The van der Waals surface area contributed by atoms with Crippen LogP contribution in [0, 0.1) is 0 Å². The summed E-state index contributed by atoms with van der Waals surface area (Å²) in [7, 11) is 0. The molecular weight excluding hydrogens is 286 g/mol. The Morgan fingerprint density at radius 2 is 2.00 bits per heavy atom. The van der Waals surface area contributed by atoms with Crippen LogP contribution in [0.1, 0.15) is 34.9 Å². The van der Waals surface area contributed by atoms with E-state index in [1.165, 1.54) is 12.8 Å². The van der Waals surface area contributed by atoms with Crippen LogP contribution < -0.4 is 5.32 Å². The van der Waals surface area contributed by atoms with Crippen molar-refractivity contribution in [1.82, 2.24) is 14.9 Å². The average Bonchev–Trinajstić information content (AvgIpc) is 3.33. The predicted molar refractivity (Wildman–Crippen MR) is 90.5 cm³/mol. The Morgan fingerprint density at radius 1 is 1.17 bits per heavy atom. The number of nitrogens with one attached hydrogen (secondary N) is 1. The van der Waals surface area contributed by atoms with E-state index >= 15 is 0 Å². The molecule has 1 heterocycles. The Labute approximate surface area is 135 Å². The fourth-order valence-electron chi connectivity index (χ4n) is 2.93. The number of benzene rings is 2. The summed E-state index contributed by atoms with van der Waals surface area (Å²) in [6.07, 6.45) is 6.32. The van der Waals surface area contributed by atoms with Gasteiger partial charge >= 0.3 is 0 Å². The van der Waals surface area contributed by atoms with Crippen molar-refractivity contribution in [3.63, 3.8) is 0 Å². The molecule has 0 atom stereocenters. The molecule has 3 aromatic rings. The third kappa shape index (κ3) is 2.97. The normalized spacial score (nSPS) is 14.1. The molecular formula is C19H19N3O. The summed E-state index contributed by atoms with van der Waals surface area (Å²) in [5.41, 5.74) is 0.705. The van der Waals surface area contributed by atoms with Gasteiger partial charge in [0.05, 0.1) is 0 Å². The van der Waals surface area contributed by atoms with Gasteiger partial charge in [-0.2, -0.15) is 0 Å². The minimum atomic E-state index is -0.0242. The number of amides is 1. The topological polar surface area (TPSA) is 46.9 Å². The Hall–Kier alpha value is -2.62. The minimum Gasteiger partial charge on any atom is -0.350 e. The van der Waals surface area contributed by atoms with Crippen molar-refractivity contribution < 1.29 is 4.79 Å². The maximum Gasteiger partial charge on any atom is 0.251 e. The first-order valence-corrected chi connectivity index (χ1v) is 8.09. The number of hydrogen-bond acceptors (Lipinski definition) is 2. The van der Waals surface area contributed by atoms with Gasteiger partial charge in [0.1, 0.15) is 5.82 Å². The highest BCUT2D eigenvalue weighted by atomic mass is 16.1. The van der Waals surface area contributed by atoms with Crippen molar-refractivity contribution >= 4 is 16.7 Å². The Kier molecular flexibility index (Phi) is 3.58. The van der Waals surface area contributed by atoms with Gasteiger partial charge in [-0.3, -0.25) is 4.79 Å². The zero-order valence-electron chi connectivity index (χ0n) is 12.9. The van der Waals surface area contributed by atoms with E-state index in [1.807, 2.05) is 48.8 Å². The smallest absolute Gasteiger partial charge is 0.251 e. The van der Waals surface area contributed by atoms with Gasteiger partial charge in [-0.25, -0.2) is 4.98 Å². The summed E-state index contributed by atoms with van der Waals surface area (Å²) in [6, 6.07) is 13.9. The van der Waals surface area contributed by atoms with E-state index in [4.69, 9.17) is 0 Å². The first kappa shape index (κ1) is 14.0. The molecule has 23 heavy (non-hydrogen) atoms. The van der Waals surface area contributed by atoms with Crippen molar-refractivity contribution in [3.05, 3.63) is 66.2 Å². The zero-order valence-corrected chi connectivity index (χ0v) is 12.9. The molecule has 0 bridgehead atoms. The molecule has 1 aromatic heterocycles. The molecule has 0 unspecified atom stereocenters. The lowest BCUT2D eigenvalue weighted by Crippen LogP contribution is -2.27. The maximum atomic E-state index is 12.3. The second kappa shape index (κ2) is 5.88. The molecule has 116 valence electrons. The molecule has 0 radical (unpaired) electrons. The molecule has 4 rings (SSSR count). The molecule has 1 aliphatic carbocycles. The number of carbonyl (C=O) groups excluding carboxylic acids is 1. The van der Waals surface area contributed by atoms with Crippen molar-refractivity contribution in [3.8, 4) is 0 Å². The summed E-state index contributed by atoms with van der Waals surface area (Å²) in [4.78, 5) is 16.7. The van der Waals surface area contributed by atoms with Gasteiger partial charge in [-0.05, 0) is 35.7 Å². The highest BCUT2D eigenvalue weighted by Gasteiger charge is 2.27.